The van der Waals surface area contributed by atoms with Crippen LogP contribution in [-0.2, 0) is 24.3 Å². The number of carbonyl (C=O) groups is 2. The maximum atomic E-state index is 13.4. The van der Waals surface area contributed by atoms with Crippen molar-refractivity contribution >= 4 is 34.1 Å². The number of thiophene rings is 1. The van der Waals surface area contributed by atoms with Crippen molar-refractivity contribution in [2.75, 3.05) is 0 Å². The summed E-state index contributed by atoms with van der Waals surface area (Å²) >= 11 is 1.35. The predicted octanol–water partition coefficient (Wildman–Crippen LogP) is 3.53. The van der Waals surface area contributed by atoms with Gasteiger partial charge in [-0.1, -0.05) is 48.5 Å². The minimum absolute atomic E-state index is 0.240. The fourth-order valence-electron chi connectivity index (χ4n) is 4.05. The van der Waals surface area contributed by atoms with E-state index in [2.05, 4.69) is 25.7 Å². The Morgan fingerprint density at radius 2 is 1.83 bits per heavy atom. The van der Waals surface area contributed by atoms with Crippen LogP contribution in [0, 0.1) is 0 Å². The normalized spacial score (nSPS) is 11.9. The van der Waals surface area contributed by atoms with Gasteiger partial charge in [-0.25, -0.2) is 9.67 Å². The molecule has 35 heavy (non-hydrogen) atoms. The van der Waals surface area contributed by atoms with Gasteiger partial charge < -0.3 is 15.6 Å². The van der Waals surface area contributed by atoms with Crippen molar-refractivity contribution in [2.45, 2.75) is 25.6 Å². The number of hydrogen-bond donors (Lipinski definition) is 3. The molecule has 0 bridgehead atoms. The third-order valence-corrected chi connectivity index (χ3v) is 6.70. The van der Waals surface area contributed by atoms with E-state index in [-0.39, 0.29) is 11.8 Å². The van der Waals surface area contributed by atoms with Crippen molar-refractivity contribution in [1.29, 1.82) is 0 Å². The summed E-state index contributed by atoms with van der Waals surface area (Å²) in [5.74, 6) is -0.498. The highest BCUT2D eigenvalue weighted by Crippen LogP contribution is 2.20. The lowest BCUT2D eigenvalue weighted by molar-refractivity contribution is -0.123. The molecule has 2 amide bonds. The molecule has 0 aliphatic heterocycles. The Morgan fingerprint density at radius 3 is 2.63 bits per heavy atom. The molecular formula is C26H24N6O2S. The second-order valence-electron chi connectivity index (χ2n) is 8.15. The highest BCUT2D eigenvalue weighted by molar-refractivity contribution is 7.12. The summed E-state index contributed by atoms with van der Waals surface area (Å²) in [7, 11) is 0. The third kappa shape index (κ3) is 5.30. The largest absolute Gasteiger partial charge is 0.361 e. The smallest absolute Gasteiger partial charge is 0.262 e. The second kappa shape index (κ2) is 10.4. The summed E-state index contributed by atoms with van der Waals surface area (Å²) in [6.07, 6.45) is 5.42. The zero-order chi connectivity index (χ0) is 24.0. The molecule has 5 aromatic rings. The van der Waals surface area contributed by atoms with Crippen LogP contribution in [0.5, 0.6) is 0 Å². The van der Waals surface area contributed by atoms with E-state index < -0.39 is 6.04 Å². The Bertz CT molecular complexity index is 1430. The number of amides is 2. The molecule has 176 valence electrons. The first kappa shape index (κ1) is 22.5. The molecule has 0 aliphatic carbocycles. The standard InChI is InChI=1S/C26H24N6O2S/c33-25(29-13-18-6-1-2-7-19(18)15-32-17-27-16-30-32)23(31-26(34)24-10-5-11-35-24)12-20-14-28-22-9-4-3-8-21(20)22/h1-11,14,16-17,23,28H,12-13,15H2,(H,29,33)(H,31,34). The molecule has 0 aliphatic rings. The van der Waals surface area contributed by atoms with Gasteiger partial charge in [-0.2, -0.15) is 5.10 Å². The number of benzene rings is 2. The zero-order valence-corrected chi connectivity index (χ0v) is 19.7. The van der Waals surface area contributed by atoms with Crippen LogP contribution in [0.4, 0.5) is 0 Å². The summed E-state index contributed by atoms with van der Waals surface area (Å²) in [5.41, 5.74) is 3.98. The lowest BCUT2D eigenvalue weighted by atomic mass is 10.0. The summed E-state index contributed by atoms with van der Waals surface area (Å²) in [5, 5.41) is 13.0. The molecule has 2 aromatic carbocycles. The van der Waals surface area contributed by atoms with Crippen LogP contribution in [0.15, 0.2) is 84.9 Å². The predicted molar refractivity (Wildman–Crippen MR) is 135 cm³/mol. The molecule has 0 fully saturated rings. The number of para-hydroxylation sites is 1. The molecule has 0 spiro atoms. The molecule has 5 rings (SSSR count). The van der Waals surface area contributed by atoms with Crippen molar-refractivity contribution < 1.29 is 9.59 Å². The van der Waals surface area contributed by atoms with Crippen molar-refractivity contribution in [3.05, 3.63) is 106 Å². The van der Waals surface area contributed by atoms with Gasteiger partial charge in [0.05, 0.1) is 11.4 Å². The highest BCUT2D eigenvalue weighted by atomic mass is 32.1. The zero-order valence-electron chi connectivity index (χ0n) is 18.8. The van der Waals surface area contributed by atoms with Gasteiger partial charge in [0.2, 0.25) is 5.91 Å². The summed E-state index contributed by atoms with van der Waals surface area (Å²) in [6, 6.07) is 18.6. The van der Waals surface area contributed by atoms with Gasteiger partial charge in [-0.05, 0) is 34.2 Å². The van der Waals surface area contributed by atoms with Crippen LogP contribution in [0.2, 0.25) is 0 Å². The number of carbonyl (C=O) groups excluding carboxylic acids is 2. The summed E-state index contributed by atoms with van der Waals surface area (Å²) in [4.78, 5) is 34.0. The fourth-order valence-corrected chi connectivity index (χ4v) is 4.67. The monoisotopic (exact) mass is 484 g/mol. The number of aromatic nitrogens is 4. The molecule has 3 heterocycles. The number of nitrogens with one attached hydrogen (secondary N) is 3. The van der Waals surface area contributed by atoms with E-state index in [1.54, 1.807) is 17.1 Å². The van der Waals surface area contributed by atoms with Crippen LogP contribution in [-0.4, -0.2) is 37.6 Å². The van der Waals surface area contributed by atoms with E-state index in [0.717, 1.165) is 27.6 Å². The van der Waals surface area contributed by atoms with E-state index >= 15 is 0 Å². The Hall–Kier alpha value is -4.24. The van der Waals surface area contributed by atoms with Crippen molar-refractivity contribution in [3.8, 4) is 0 Å². The maximum Gasteiger partial charge on any atom is 0.262 e. The van der Waals surface area contributed by atoms with Gasteiger partial charge in [0.15, 0.2) is 0 Å². The minimum atomic E-state index is -0.730. The van der Waals surface area contributed by atoms with E-state index in [1.807, 2.05) is 66.2 Å². The average molecular weight is 485 g/mol. The van der Waals surface area contributed by atoms with Gasteiger partial charge in [-0.3, -0.25) is 9.59 Å². The lowest BCUT2D eigenvalue weighted by Crippen LogP contribution is -2.47. The minimum Gasteiger partial charge on any atom is -0.361 e. The van der Waals surface area contributed by atoms with Crippen LogP contribution < -0.4 is 10.6 Å². The highest BCUT2D eigenvalue weighted by Gasteiger charge is 2.23. The Morgan fingerprint density at radius 1 is 1.00 bits per heavy atom. The van der Waals surface area contributed by atoms with Gasteiger partial charge in [0, 0.05) is 30.1 Å². The second-order valence-corrected chi connectivity index (χ2v) is 9.09. The first-order valence-electron chi connectivity index (χ1n) is 11.2. The first-order valence-corrected chi connectivity index (χ1v) is 12.1. The molecule has 8 nitrogen and oxygen atoms in total. The number of rotatable bonds is 9. The number of aromatic amines is 1. The number of H-pyrrole nitrogens is 1. The van der Waals surface area contributed by atoms with E-state index in [4.69, 9.17) is 0 Å². The molecule has 1 unspecified atom stereocenters. The van der Waals surface area contributed by atoms with Crippen LogP contribution >= 0.6 is 11.3 Å². The molecule has 3 N–H and O–H groups in total. The third-order valence-electron chi connectivity index (χ3n) is 5.84. The molecule has 0 saturated carbocycles. The molecular weight excluding hydrogens is 460 g/mol. The molecule has 3 aromatic heterocycles. The maximum absolute atomic E-state index is 13.4. The Kier molecular flexibility index (Phi) is 6.67. The van der Waals surface area contributed by atoms with E-state index in [0.29, 0.717) is 24.4 Å². The number of nitrogens with zero attached hydrogens (tertiary/aromatic N) is 3. The fraction of sp³-hybridized carbons (Fsp3) is 0.154. The van der Waals surface area contributed by atoms with Gasteiger partial charge in [0.1, 0.15) is 18.7 Å². The van der Waals surface area contributed by atoms with E-state index in [1.165, 1.54) is 17.7 Å². The first-order chi connectivity index (χ1) is 17.2. The van der Waals surface area contributed by atoms with Crippen LogP contribution in [0.3, 0.4) is 0 Å². The van der Waals surface area contributed by atoms with Crippen LogP contribution in [0.25, 0.3) is 10.9 Å². The molecule has 1 atom stereocenters. The van der Waals surface area contributed by atoms with Gasteiger partial charge in [-0.15, -0.1) is 11.3 Å². The SMILES string of the molecule is O=C(NC(Cc1c[nH]c2ccccc12)C(=O)NCc1ccccc1Cn1cncn1)c1cccs1. The van der Waals surface area contributed by atoms with Crippen molar-refractivity contribution in [3.63, 3.8) is 0 Å². The number of fused-ring (bicyclic) bond motifs is 1. The van der Waals surface area contributed by atoms with Crippen LogP contribution in [0.1, 0.15) is 26.4 Å². The van der Waals surface area contributed by atoms with Crippen molar-refractivity contribution in [1.82, 2.24) is 30.4 Å². The quantitative estimate of drug-likeness (QED) is 0.298. The number of hydrogen-bond acceptors (Lipinski definition) is 5. The Balaban J connectivity index is 1.33. The lowest BCUT2D eigenvalue weighted by Gasteiger charge is -2.19. The van der Waals surface area contributed by atoms with E-state index in [9.17, 15) is 9.59 Å². The van der Waals surface area contributed by atoms with Gasteiger partial charge in [0.25, 0.3) is 5.91 Å². The van der Waals surface area contributed by atoms with Gasteiger partial charge >= 0.3 is 0 Å². The van der Waals surface area contributed by atoms with Crippen molar-refractivity contribution in [2.24, 2.45) is 0 Å². The molecule has 0 saturated heterocycles. The topological polar surface area (TPSA) is 105 Å². The molecule has 0 radical (unpaired) electrons. The summed E-state index contributed by atoms with van der Waals surface area (Å²) in [6.45, 7) is 0.892. The molecule has 9 heteroatoms. The average Bonchev–Trinajstić information content (AvgIpc) is 3.66. The summed E-state index contributed by atoms with van der Waals surface area (Å²) < 4.78 is 1.74. The Labute approximate surface area is 206 Å².